The number of likely N-dealkylation sites (tertiary alicyclic amines) is 1. The van der Waals surface area contributed by atoms with Crippen LogP contribution in [0.5, 0.6) is 5.75 Å². The molecule has 8 nitrogen and oxygen atoms in total. The molecule has 0 unspecified atom stereocenters. The summed E-state index contributed by atoms with van der Waals surface area (Å²) in [5.41, 5.74) is 3.80. The smallest absolute Gasteiger partial charge is 0.407 e. The summed E-state index contributed by atoms with van der Waals surface area (Å²) in [6, 6.07) is 21.9. The molecule has 4 aromatic rings. The summed E-state index contributed by atoms with van der Waals surface area (Å²) in [6.07, 6.45) is 2.64. The highest BCUT2D eigenvalue weighted by Gasteiger charge is 2.28. The largest absolute Gasteiger partial charge is 0.491 e. The molecule has 2 aromatic carbocycles. The molecular formula is C26H27N5O3. The van der Waals surface area contributed by atoms with Gasteiger partial charge in [0.1, 0.15) is 18.2 Å². The van der Waals surface area contributed by atoms with Gasteiger partial charge in [0.15, 0.2) is 5.65 Å². The predicted molar refractivity (Wildman–Crippen MR) is 130 cm³/mol. The van der Waals surface area contributed by atoms with Gasteiger partial charge in [-0.3, -0.25) is 0 Å². The molecular weight excluding hydrogens is 430 g/mol. The number of nitrogens with one attached hydrogen (secondary N) is 1. The maximum Gasteiger partial charge on any atom is 0.407 e. The average molecular weight is 458 g/mol. The Morgan fingerprint density at radius 1 is 1.15 bits per heavy atom. The summed E-state index contributed by atoms with van der Waals surface area (Å²) in [6.45, 7) is 3.04. The molecule has 8 heteroatoms. The van der Waals surface area contributed by atoms with Crippen molar-refractivity contribution in [3.05, 3.63) is 78.5 Å². The van der Waals surface area contributed by atoms with Crippen molar-refractivity contribution in [1.82, 2.24) is 19.5 Å². The van der Waals surface area contributed by atoms with Crippen LogP contribution < -0.4 is 10.1 Å². The van der Waals surface area contributed by atoms with E-state index in [1.54, 1.807) is 0 Å². The molecule has 174 valence electrons. The van der Waals surface area contributed by atoms with E-state index < -0.39 is 6.09 Å². The van der Waals surface area contributed by atoms with E-state index in [2.05, 4.69) is 29.4 Å². The molecule has 1 saturated heterocycles. The third kappa shape index (κ3) is 4.52. The van der Waals surface area contributed by atoms with Gasteiger partial charge in [-0.2, -0.15) is 0 Å². The first-order chi connectivity index (χ1) is 16.6. The summed E-state index contributed by atoms with van der Waals surface area (Å²) in [4.78, 5) is 17.3. The number of benzene rings is 2. The van der Waals surface area contributed by atoms with E-state index in [1.807, 2.05) is 65.3 Å². The lowest BCUT2D eigenvalue weighted by atomic mass is 10.1. The van der Waals surface area contributed by atoms with Crippen LogP contribution in [0, 0.1) is 0 Å². The monoisotopic (exact) mass is 457 g/mol. The number of hydrogen-bond acceptors (Lipinski definition) is 5. The van der Waals surface area contributed by atoms with Gasteiger partial charge in [-0.25, -0.2) is 14.3 Å². The highest BCUT2D eigenvalue weighted by atomic mass is 16.5. The summed E-state index contributed by atoms with van der Waals surface area (Å²) < 4.78 is 7.71. The van der Waals surface area contributed by atoms with Crippen LogP contribution in [-0.4, -0.2) is 49.9 Å². The minimum absolute atomic E-state index is 0.0932. The highest BCUT2D eigenvalue weighted by Crippen LogP contribution is 2.25. The van der Waals surface area contributed by atoms with Gasteiger partial charge in [0.25, 0.3) is 0 Å². The van der Waals surface area contributed by atoms with Crippen LogP contribution in [0.25, 0.3) is 16.9 Å². The maximum absolute atomic E-state index is 11.3. The highest BCUT2D eigenvalue weighted by molar-refractivity contribution is 5.66. The number of rotatable bonds is 7. The second kappa shape index (κ2) is 9.43. The van der Waals surface area contributed by atoms with Gasteiger partial charge in [-0.1, -0.05) is 30.3 Å². The maximum atomic E-state index is 11.3. The third-order valence-corrected chi connectivity index (χ3v) is 6.24. The first-order valence-corrected chi connectivity index (χ1v) is 11.5. The Kier molecular flexibility index (Phi) is 6.03. The molecule has 0 spiro atoms. The molecule has 0 bridgehead atoms. The van der Waals surface area contributed by atoms with Crippen LogP contribution in [0.4, 0.5) is 10.6 Å². The fourth-order valence-corrected chi connectivity index (χ4v) is 4.37. The molecule has 1 fully saturated rings. The molecule has 5 rings (SSSR count). The van der Waals surface area contributed by atoms with Crippen LogP contribution in [-0.2, 0) is 0 Å². The fourth-order valence-electron chi connectivity index (χ4n) is 4.37. The van der Waals surface area contributed by atoms with E-state index in [9.17, 15) is 9.90 Å². The Balaban J connectivity index is 1.30. The zero-order chi connectivity index (χ0) is 23.5. The standard InChI is InChI=1S/C26H27N5O3/c1-18(19-6-3-2-4-7-19)28-24-13-14-25-27-16-23(31(25)29-24)20-9-11-22(12-10-20)34-17-21-8-5-15-30(21)26(32)33/h2-4,6-7,9-14,16,18,21H,5,8,15,17H2,1H3,(H,28,29)(H,32,33)/t18-,21+/m1/s1. The number of imidazole rings is 1. The number of carboxylic acid groups (broad SMARTS) is 1. The second-order valence-corrected chi connectivity index (χ2v) is 8.52. The average Bonchev–Trinajstić information content (AvgIpc) is 3.51. The summed E-state index contributed by atoms with van der Waals surface area (Å²) in [5.74, 6) is 1.48. The summed E-state index contributed by atoms with van der Waals surface area (Å²) in [5, 5.41) is 17.5. The van der Waals surface area contributed by atoms with Crippen molar-refractivity contribution in [1.29, 1.82) is 0 Å². The molecule has 0 radical (unpaired) electrons. The van der Waals surface area contributed by atoms with E-state index in [1.165, 1.54) is 10.5 Å². The second-order valence-electron chi connectivity index (χ2n) is 8.52. The minimum atomic E-state index is -0.881. The van der Waals surface area contributed by atoms with Gasteiger partial charge in [0.05, 0.1) is 17.9 Å². The van der Waals surface area contributed by atoms with Crippen molar-refractivity contribution < 1.29 is 14.6 Å². The molecule has 2 aromatic heterocycles. The van der Waals surface area contributed by atoms with Crippen molar-refractivity contribution in [2.75, 3.05) is 18.5 Å². The van der Waals surface area contributed by atoms with Crippen LogP contribution in [0.3, 0.4) is 0 Å². The number of aromatic nitrogens is 3. The quantitative estimate of drug-likeness (QED) is 0.402. The normalized spacial score (nSPS) is 16.5. The molecule has 1 aliphatic rings. The summed E-state index contributed by atoms with van der Waals surface area (Å²) in [7, 11) is 0. The zero-order valence-electron chi connectivity index (χ0n) is 19.0. The molecule has 3 heterocycles. The number of hydrogen-bond donors (Lipinski definition) is 2. The van der Waals surface area contributed by atoms with E-state index in [-0.39, 0.29) is 12.1 Å². The topological polar surface area (TPSA) is 92.0 Å². The Morgan fingerprint density at radius 2 is 1.94 bits per heavy atom. The van der Waals surface area contributed by atoms with Crippen molar-refractivity contribution in [2.24, 2.45) is 0 Å². The minimum Gasteiger partial charge on any atom is -0.491 e. The lowest BCUT2D eigenvalue weighted by Crippen LogP contribution is -2.37. The molecule has 0 saturated carbocycles. The first kappa shape index (κ1) is 21.8. The van der Waals surface area contributed by atoms with Crippen molar-refractivity contribution in [3.8, 4) is 17.0 Å². The van der Waals surface area contributed by atoms with Gasteiger partial charge in [-0.15, -0.1) is 5.10 Å². The number of carbonyl (C=O) groups is 1. The van der Waals surface area contributed by atoms with Crippen molar-refractivity contribution >= 4 is 17.6 Å². The van der Waals surface area contributed by atoms with Gasteiger partial charge < -0.3 is 20.1 Å². The number of anilines is 1. The Bertz CT molecular complexity index is 1270. The van der Waals surface area contributed by atoms with Crippen LogP contribution in [0.2, 0.25) is 0 Å². The van der Waals surface area contributed by atoms with E-state index in [0.29, 0.717) is 18.9 Å². The number of ether oxygens (including phenoxy) is 1. The Labute approximate surface area is 197 Å². The Morgan fingerprint density at radius 3 is 2.71 bits per heavy atom. The SMILES string of the molecule is C[C@@H](Nc1ccc2ncc(-c3ccc(OC[C@@H]4CCCN4C(=O)O)cc3)n2n1)c1ccccc1. The van der Waals surface area contributed by atoms with Crippen LogP contribution in [0.15, 0.2) is 72.9 Å². The molecule has 1 amide bonds. The van der Waals surface area contributed by atoms with Gasteiger partial charge in [0, 0.05) is 18.2 Å². The van der Waals surface area contributed by atoms with E-state index >= 15 is 0 Å². The lowest BCUT2D eigenvalue weighted by molar-refractivity contribution is 0.123. The van der Waals surface area contributed by atoms with E-state index in [4.69, 9.17) is 9.84 Å². The zero-order valence-corrected chi connectivity index (χ0v) is 19.0. The third-order valence-electron chi connectivity index (χ3n) is 6.24. The van der Waals surface area contributed by atoms with Crippen molar-refractivity contribution in [2.45, 2.75) is 31.8 Å². The summed E-state index contributed by atoms with van der Waals surface area (Å²) >= 11 is 0. The lowest BCUT2D eigenvalue weighted by Gasteiger charge is -2.21. The number of amides is 1. The Hall–Kier alpha value is -4.07. The van der Waals surface area contributed by atoms with Crippen LogP contribution >= 0.6 is 0 Å². The van der Waals surface area contributed by atoms with Gasteiger partial charge in [-0.05, 0) is 61.7 Å². The molecule has 34 heavy (non-hydrogen) atoms. The first-order valence-electron chi connectivity index (χ1n) is 11.5. The van der Waals surface area contributed by atoms with Gasteiger partial charge >= 0.3 is 6.09 Å². The number of nitrogens with zero attached hydrogens (tertiary/aromatic N) is 4. The van der Waals surface area contributed by atoms with Crippen LogP contribution in [0.1, 0.15) is 31.4 Å². The molecule has 1 aliphatic heterocycles. The fraction of sp³-hybridized carbons (Fsp3) is 0.269. The van der Waals surface area contributed by atoms with Crippen molar-refractivity contribution in [3.63, 3.8) is 0 Å². The molecule has 2 N–H and O–H groups in total. The number of fused-ring (bicyclic) bond motifs is 1. The molecule has 2 atom stereocenters. The van der Waals surface area contributed by atoms with E-state index in [0.717, 1.165) is 35.6 Å². The molecule has 0 aliphatic carbocycles. The van der Waals surface area contributed by atoms with Gasteiger partial charge in [0.2, 0.25) is 0 Å². The predicted octanol–water partition coefficient (Wildman–Crippen LogP) is 5.09.